The number of hydrogen-bond donors (Lipinski definition) is 2. The lowest BCUT2D eigenvalue weighted by atomic mass is 9.90. The van der Waals surface area contributed by atoms with Gasteiger partial charge in [0.05, 0.1) is 11.8 Å². The van der Waals surface area contributed by atoms with E-state index in [0.717, 1.165) is 12.1 Å². The maximum Gasteiger partial charge on any atom is 0.223 e. The van der Waals surface area contributed by atoms with Gasteiger partial charge in [-0.1, -0.05) is 0 Å². The lowest BCUT2D eigenvalue weighted by Gasteiger charge is -2.36. The molecule has 124 valence electrons. The van der Waals surface area contributed by atoms with Crippen molar-refractivity contribution in [3.8, 4) is 0 Å². The van der Waals surface area contributed by atoms with Crippen molar-refractivity contribution in [1.82, 2.24) is 9.88 Å². The summed E-state index contributed by atoms with van der Waals surface area (Å²) in [6.45, 7) is 3.20. The van der Waals surface area contributed by atoms with Gasteiger partial charge in [-0.3, -0.25) is 4.79 Å². The maximum atomic E-state index is 12.3. The number of aliphatic hydroxyl groups excluding tert-OH is 1. The Labute approximate surface area is 143 Å². The first-order valence-electron chi connectivity index (χ1n) is 7.74. The third kappa shape index (κ3) is 3.73. The zero-order valence-electron chi connectivity index (χ0n) is 13.1. The van der Waals surface area contributed by atoms with Gasteiger partial charge in [0.2, 0.25) is 5.91 Å². The third-order valence-corrected chi connectivity index (χ3v) is 6.21. The Bertz CT molecular complexity index is 682. The molecule has 0 unspecified atom stereocenters. The monoisotopic (exact) mass is 351 g/mol. The normalized spacial score (nSPS) is 21.6. The van der Waals surface area contributed by atoms with Crippen LogP contribution in [0.3, 0.4) is 0 Å². The number of rotatable bonds is 4. The van der Waals surface area contributed by atoms with E-state index in [9.17, 15) is 9.90 Å². The molecule has 1 aliphatic rings. The van der Waals surface area contributed by atoms with E-state index in [2.05, 4.69) is 23.4 Å². The summed E-state index contributed by atoms with van der Waals surface area (Å²) in [5.41, 5.74) is 7.70. The molecule has 1 amide bonds. The third-order valence-electron chi connectivity index (χ3n) is 4.34. The highest BCUT2D eigenvalue weighted by molar-refractivity contribution is 7.13. The Balaban J connectivity index is 1.54. The SMILES string of the molecule is Cc1ccsc1[C@@H]1CCN(C(=O)CCc2csc(N)n2)C[C@H]1O. The van der Waals surface area contributed by atoms with Crippen molar-refractivity contribution in [3.05, 3.63) is 33.0 Å². The van der Waals surface area contributed by atoms with Crippen LogP contribution in [-0.4, -0.2) is 40.1 Å². The summed E-state index contributed by atoms with van der Waals surface area (Å²) in [4.78, 5) is 19.6. The van der Waals surface area contributed by atoms with Gasteiger partial charge in [-0.05, 0) is 36.8 Å². The largest absolute Gasteiger partial charge is 0.391 e. The highest BCUT2D eigenvalue weighted by Gasteiger charge is 2.32. The lowest BCUT2D eigenvalue weighted by Crippen LogP contribution is -2.45. The van der Waals surface area contributed by atoms with E-state index in [4.69, 9.17) is 5.73 Å². The van der Waals surface area contributed by atoms with Gasteiger partial charge in [0.15, 0.2) is 5.13 Å². The number of carbonyl (C=O) groups excluding carboxylic acids is 1. The zero-order chi connectivity index (χ0) is 16.4. The molecular formula is C16H21N3O2S2. The summed E-state index contributed by atoms with van der Waals surface area (Å²) in [6, 6.07) is 2.09. The van der Waals surface area contributed by atoms with Crippen molar-refractivity contribution in [1.29, 1.82) is 0 Å². The van der Waals surface area contributed by atoms with Crippen LogP contribution in [0.25, 0.3) is 0 Å². The molecule has 0 saturated carbocycles. The van der Waals surface area contributed by atoms with Crippen LogP contribution in [0, 0.1) is 6.92 Å². The fraction of sp³-hybridized carbons (Fsp3) is 0.500. The van der Waals surface area contributed by atoms with Crippen LogP contribution >= 0.6 is 22.7 Å². The molecule has 1 saturated heterocycles. The number of hydrogen-bond acceptors (Lipinski definition) is 6. The molecule has 2 atom stereocenters. The molecule has 3 heterocycles. The topological polar surface area (TPSA) is 79.5 Å². The number of amides is 1. The van der Waals surface area contributed by atoms with Crippen molar-refractivity contribution in [3.63, 3.8) is 0 Å². The number of carbonyl (C=O) groups is 1. The predicted octanol–water partition coefficient (Wildman–Crippen LogP) is 2.40. The van der Waals surface area contributed by atoms with Crippen molar-refractivity contribution >= 4 is 33.7 Å². The molecule has 5 nitrogen and oxygen atoms in total. The molecule has 23 heavy (non-hydrogen) atoms. The van der Waals surface area contributed by atoms with Crippen molar-refractivity contribution in [2.24, 2.45) is 0 Å². The molecule has 7 heteroatoms. The number of nitrogens with two attached hydrogens (primary N) is 1. The number of anilines is 1. The van der Waals surface area contributed by atoms with Gasteiger partial charge in [-0.25, -0.2) is 4.98 Å². The number of aliphatic hydroxyl groups is 1. The number of aryl methyl sites for hydroxylation is 2. The molecule has 3 rings (SSSR count). The molecule has 0 bridgehead atoms. The van der Waals surface area contributed by atoms with Gasteiger partial charge in [-0.15, -0.1) is 22.7 Å². The minimum atomic E-state index is -0.486. The van der Waals surface area contributed by atoms with E-state index in [1.54, 1.807) is 16.2 Å². The summed E-state index contributed by atoms with van der Waals surface area (Å²) in [5.74, 6) is 0.231. The summed E-state index contributed by atoms with van der Waals surface area (Å²) >= 11 is 3.09. The van der Waals surface area contributed by atoms with Crippen LogP contribution in [0.5, 0.6) is 0 Å². The van der Waals surface area contributed by atoms with E-state index in [-0.39, 0.29) is 11.8 Å². The molecular weight excluding hydrogens is 330 g/mol. The van der Waals surface area contributed by atoms with Gasteiger partial charge in [-0.2, -0.15) is 0 Å². The van der Waals surface area contributed by atoms with Gasteiger partial charge in [0.25, 0.3) is 0 Å². The highest BCUT2D eigenvalue weighted by atomic mass is 32.1. The second-order valence-corrected chi connectivity index (χ2v) is 7.78. The van der Waals surface area contributed by atoms with E-state index in [0.29, 0.717) is 31.1 Å². The predicted molar refractivity (Wildman–Crippen MR) is 93.8 cm³/mol. The summed E-state index contributed by atoms with van der Waals surface area (Å²) in [5, 5.41) is 15.0. The first kappa shape index (κ1) is 16.4. The second-order valence-electron chi connectivity index (χ2n) is 5.95. The Kier molecular flexibility index (Phi) is 4.99. The Morgan fingerprint density at radius 2 is 2.35 bits per heavy atom. The standard InChI is InChI=1S/C16H21N3O2S2/c1-10-5-7-22-15(10)12-4-6-19(8-13(12)20)14(21)3-2-11-9-23-16(17)18-11/h5,7,9,12-13,20H,2-4,6,8H2,1H3,(H2,17,18)/t12-,13-/m1/s1. The number of nitrogens with zero attached hydrogens (tertiary/aromatic N) is 2. The maximum absolute atomic E-state index is 12.3. The molecule has 3 N–H and O–H groups in total. The number of thiophene rings is 1. The summed E-state index contributed by atoms with van der Waals surface area (Å²) in [7, 11) is 0. The van der Waals surface area contributed by atoms with Gasteiger partial charge < -0.3 is 15.7 Å². The molecule has 0 spiro atoms. The number of β-amino-alcohol motifs (C(OH)–C–C–N with tert-alkyl or cyclic N) is 1. The zero-order valence-corrected chi connectivity index (χ0v) is 14.7. The first-order chi connectivity index (χ1) is 11.0. The summed E-state index contributed by atoms with van der Waals surface area (Å²) < 4.78 is 0. The van der Waals surface area contributed by atoms with Crippen molar-refractivity contribution in [2.75, 3.05) is 18.8 Å². The molecule has 1 fully saturated rings. The van der Waals surface area contributed by atoms with Gasteiger partial charge >= 0.3 is 0 Å². The first-order valence-corrected chi connectivity index (χ1v) is 9.50. The number of aromatic nitrogens is 1. The van der Waals surface area contributed by atoms with Crippen LogP contribution < -0.4 is 5.73 Å². The number of piperidine rings is 1. The average Bonchev–Trinajstić information content (AvgIpc) is 3.13. The molecule has 0 radical (unpaired) electrons. The molecule has 2 aromatic heterocycles. The van der Waals surface area contributed by atoms with E-state index >= 15 is 0 Å². The van der Waals surface area contributed by atoms with Crippen molar-refractivity contribution < 1.29 is 9.90 Å². The van der Waals surface area contributed by atoms with E-state index in [1.165, 1.54) is 21.8 Å². The number of thiazole rings is 1. The highest BCUT2D eigenvalue weighted by Crippen LogP contribution is 2.34. The van der Waals surface area contributed by atoms with Crippen LogP contribution in [0.4, 0.5) is 5.13 Å². The van der Waals surface area contributed by atoms with E-state index < -0.39 is 6.10 Å². The average molecular weight is 351 g/mol. The molecule has 0 aliphatic carbocycles. The number of nitrogen functional groups attached to an aromatic ring is 1. The molecule has 2 aromatic rings. The molecule has 1 aliphatic heterocycles. The summed E-state index contributed by atoms with van der Waals surface area (Å²) in [6.07, 6.45) is 1.35. The van der Waals surface area contributed by atoms with E-state index in [1.807, 2.05) is 5.38 Å². The lowest BCUT2D eigenvalue weighted by molar-refractivity contribution is -0.134. The second kappa shape index (κ2) is 6.98. The fourth-order valence-electron chi connectivity index (χ4n) is 3.06. The van der Waals surface area contributed by atoms with Crippen LogP contribution in [0.15, 0.2) is 16.8 Å². The molecule has 0 aromatic carbocycles. The van der Waals surface area contributed by atoms with Crippen LogP contribution in [0.2, 0.25) is 0 Å². The quantitative estimate of drug-likeness (QED) is 0.886. The fourth-order valence-corrected chi connectivity index (χ4v) is 4.78. The van der Waals surface area contributed by atoms with Crippen molar-refractivity contribution in [2.45, 2.75) is 38.2 Å². The number of likely N-dealkylation sites (tertiary alicyclic amines) is 1. The Morgan fingerprint density at radius 1 is 1.52 bits per heavy atom. The smallest absolute Gasteiger partial charge is 0.223 e. The van der Waals surface area contributed by atoms with Crippen LogP contribution in [-0.2, 0) is 11.2 Å². The Morgan fingerprint density at radius 3 is 2.96 bits per heavy atom. The Hall–Kier alpha value is -1.44. The minimum absolute atomic E-state index is 0.0805. The van der Waals surface area contributed by atoms with Crippen LogP contribution in [0.1, 0.15) is 34.9 Å². The van der Waals surface area contributed by atoms with Gasteiger partial charge in [0.1, 0.15) is 0 Å². The minimum Gasteiger partial charge on any atom is -0.391 e. The van der Waals surface area contributed by atoms with Gasteiger partial charge in [0, 0.05) is 35.7 Å².